The van der Waals surface area contributed by atoms with Gasteiger partial charge in [-0.15, -0.1) is 0 Å². The molecule has 0 aliphatic heterocycles. The van der Waals surface area contributed by atoms with E-state index in [1.165, 1.54) is 11.5 Å². The summed E-state index contributed by atoms with van der Waals surface area (Å²) >= 11 is 0. The van der Waals surface area contributed by atoms with Crippen LogP contribution in [0.5, 0.6) is 0 Å². The van der Waals surface area contributed by atoms with E-state index in [1.807, 2.05) is 56.3 Å². The molecule has 1 heterocycles. The van der Waals surface area contributed by atoms with Crippen LogP contribution in [0.3, 0.4) is 0 Å². The van der Waals surface area contributed by atoms with Crippen molar-refractivity contribution in [3.05, 3.63) is 88.2 Å². The van der Waals surface area contributed by atoms with Crippen LogP contribution >= 0.6 is 0 Å². The molecule has 1 aromatic heterocycles. The summed E-state index contributed by atoms with van der Waals surface area (Å²) in [6.45, 7) is 6.91. The van der Waals surface area contributed by atoms with Crippen LogP contribution in [0.2, 0.25) is 0 Å². The Morgan fingerprint density at radius 2 is 1.62 bits per heavy atom. The number of benzene rings is 3. The molecule has 0 saturated carbocycles. The number of hydrogen-bond donors (Lipinski definition) is 2. The van der Waals surface area contributed by atoms with Crippen LogP contribution in [-0.4, -0.2) is 21.4 Å². The molecule has 1 atom stereocenters. The zero-order chi connectivity index (χ0) is 24.4. The van der Waals surface area contributed by atoms with E-state index < -0.39 is 11.6 Å². The summed E-state index contributed by atoms with van der Waals surface area (Å²) in [7, 11) is 0. The van der Waals surface area contributed by atoms with Crippen molar-refractivity contribution in [1.29, 1.82) is 0 Å². The fraction of sp³-hybridized carbons (Fsp3) is 0.185. The highest BCUT2D eigenvalue weighted by molar-refractivity contribution is 5.96. The Labute approximate surface area is 197 Å². The number of aryl methyl sites for hydroxylation is 2. The van der Waals surface area contributed by atoms with Crippen molar-refractivity contribution in [2.45, 2.75) is 33.7 Å². The fourth-order valence-electron chi connectivity index (χ4n) is 3.93. The lowest BCUT2D eigenvalue weighted by molar-refractivity contribution is -0.118. The quantitative estimate of drug-likeness (QED) is 0.451. The molecule has 0 aliphatic carbocycles. The highest BCUT2D eigenvalue weighted by Gasteiger charge is 2.23. The van der Waals surface area contributed by atoms with Crippen molar-refractivity contribution >= 4 is 34.2 Å². The second kappa shape index (κ2) is 9.31. The molecule has 0 fully saturated rings. The molecule has 4 aromatic rings. The van der Waals surface area contributed by atoms with Gasteiger partial charge in [-0.25, -0.2) is 4.98 Å². The summed E-state index contributed by atoms with van der Waals surface area (Å²) in [6, 6.07) is 19.3. The number of para-hydroxylation sites is 3. The molecule has 0 saturated heterocycles. The van der Waals surface area contributed by atoms with Gasteiger partial charge in [0.25, 0.3) is 5.56 Å². The minimum Gasteiger partial charge on any atom is -0.326 e. The summed E-state index contributed by atoms with van der Waals surface area (Å²) < 4.78 is 1.46. The van der Waals surface area contributed by atoms with Crippen LogP contribution in [0, 0.1) is 13.8 Å². The maximum atomic E-state index is 13.8. The number of carbonyl (C=O) groups is 2. The Bertz CT molecular complexity index is 1470. The van der Waals surface area contributed by atoms with Gasteiger partial charge in [-0.2, -0.15) is 0 Å². The van der Waals surface area contributed by atoms with Crippen molar-refractivity contribution in [3.63, 3.8) is 0 Å². The molecule has 3 aromatic carbocycles. The second-order valence-corrected chi connectivity index (χ2v) is 8.33. The molecule has 172 valence electrons. The Hall–Kier alpha value is -4.26. The molecule has 34 heavy (non-hydrogen) atoms. The Morgan fingerprint density at radius 1 is 0.912 bits per heavy atom. The van der Waals surface area contributed by atoms with Gasteiger partial charge in [0.2, 0.25) is 11.8 Å². The van der Waals surface area contributed by atoms with Gasteiger partial charge >= 0.3 is 0 Å². The van der Waals surface area contributed by atoms with Crippen molar-refractivity contribution in [2.75, 3.05) is 10.6 Å². The third-order valence-electron chi connectivity index (χ3n) is 5.71. The van der Waals surface area contributed by atoms with Gasteiger partial charge in [0.15, 0.2) is 0 Å². The first-order chi connectivity index (χ1) is 16.3. The smallest absolute Gasteiger partial charge is 0.278 e. The van der Waals surface area contributed by atoms with Crippen LogP contribution in [0.1, 0.15) is 31.0 Å². The normalized spacial score (nSPS) is 11.8. The Morgan fingerprint density at radius 3 is 2.35 bits per heavy atom. The van der Waals surface area contributed by atoms with E-state index in [-0.39, 0.29) is 17.5 Å². The highest BCUT2D eigenvalue weighted by atomic mass is 16.2. The number of hydrogen-bond acceptors (Lipinski definition) is 4. The molecule has 2 amide bonds. The summed E-state index contributed by atoms with van der Waals surface area (Å²) in [5, 5.41) is 5.71. The summed E-state index contributed by atoms with van der Waals surface area (Å²) in [4.78, 5) is 43.4. The molecule has 0 unspecified atom stereocenters. The van der Waals surface area contributed by atoms with Gasteiger partial charge in [0, 0.05) is 18.2 Å². The number of nitrogens with zero attached hydrogens (tertiary/aromatic N) is 2. The van der Waals surface area contributed by atoms with Crippen LogP contribution in [0.4, 0.5) is 11.4 Å². The molecule has 0 spiro atoms. The predicted molar refractivity (Wildman–Crippen MR) is 135 cm³/mol. The standard InChI is InChI=1S/C27H26N4O3/c1-16-13-14-22(28-19(4)32)20(15-16)25-27(34)31(24-12-8-7-11-23(24)29-25)18(3)26(33)30-21-10-6-5-9-17(21)2/h5-15,18H,1-4H3,(H,28,32)(H,30,33)/t18-/m0/s1. The fourth-order valence-corrected chi connectivity index (χ4v) is 3.93. The molecule has 0 bridgehead atoms. The number of amides is 2. The van der Waals surface area contributed by atoms with Gasteiger partial charge in [0.05, 0.1) is 16.7 Å². The lowest BCUT2D eigenvalue weighted by Gasteiger charge is -2.20. The van der Waals surface area contributed by atoms with E-state index in [0.29, 0.717) is 28.0 Å². The molecule has 7 nitrogen and oxygen atoms in total. The number of nitrogens with one attached hydrogen (secondary N) is 2. The molecule has 2 N–H and O–H groups in total. The Kier molecular flexibility index (Phi) is 6.27. The lowest BCUT2D eigenvalue weighted by Crippen LogP contribution is -2.33. The molecule has 0 aliphatic rings. The third-order valence-corrected chi connectivity index (χ3v) is 5.71. The summed E-state index contributed by atoms with van der Waals surface area (Å²) in [6.07, 6.45) is 0. The van der Waals surface area contributed by atoms with E-state index in [4.69, 9.17) is 0 Å². The molecular weight excluding hydrogens is 428 g/mol. The van der Waals surface area contributed by atoms with Gasteiger partial charge in [-0.3, -0.25) is 19.0 Å². The number of rotatable bonds is 5. The van der Waals surface area contributed by atoms with Crippen LogP contribution in [-0.2, 0) is 9.59 Å². The van der Waals surface area contributed by atoms with Crippen LogP contribution < -0.4 is 16.2 Å². The van der Waals surface area contributed by atoms with E-state index in [1.54, 1.807) is 31.2 Å². The number of anilines is 2. The SMILES string of the molecule is CC(=O)Nc1ccc(C)cc1-c1nc2ccccc2n([C@@H](C)C(=O)Nc2ccccc2C)c1=O. The van der Waals surface area contributed by atoms with E-state index in [2.05, 4.69) is 15.6 Å². The first-order valence-corrected chi connectivity index (χ1v) is 11.0. The molecule has 4 rings (SSSR count). The molecule has 0 radical (unpaired) electrons. The monoisotopic (exact) mass is 454 g/mol. The predicted octanol–water partition coefficient (Wildman–Crippen LogP) is 4.84. The highest BCUT2D eigenvalue weighted by Crippen LogP contribution is 2.28. The molecule has 7 heteroatoms. The second-order valence-electron chi connectivity index (χ2n) is 8.33. The minimum atomic E-state index is -0.812. The molecular formula is C27H26N4O3. The maximum absolute atomic E-state index is 13.8. The number of carbonyl (C=O) groups excluding carboxylic acids is 2. The Balaban J connectivity index is 1.89. The lowest BCUT2D eigenvalue weighted by atomic mass is 10.1. The minimum absolute atomic E-state index is 0.168. The van der Waals surface area contributed by atoms with Crippen molar-refractivity contribution in [2.24, 2.45) is 0 Å². The summed E-state index contributed by atoms with van der Waals surface area (Å²) in [5.74, 6) is -0.567. The maximum Gasteiger partial charge on any atom is 0.278 e. The number of fused-ring (bicyclic) bond motifs is 1. The van der Waals surface area contributed by atoms with E-state index >= 15 is 0 Å². The number of aromatic nitrogens is 2. The topological polar surface area (TPSA) is 93.1 Å². The first kappa shape index (κ1) is 22.9. The van der Waals surface area contributed by atoms with Gasteiger partial charge in [-0.05, 0) is 56.7 Å². The van der Waals surface area contributed by atoms with Crippen LogP contribution in [0.15, 0.2) is 71.5 Å². The van der Waals surface area contributed by atoms with Crippen molar-refractivity contribution in [1.82, 2.24) is 9.55 Å². The largest absolute Gasteiger partial charge is 0.326 e. The van der Waals surface area contributed by atoms with E-state index in [0.717, 1.165) is 11.1 Å². The third kappa shape index (κ3) is 4.45. The first-order valence-electron chi connectivity index (χ1n) is 11.0. The van der Waals surface area contributed by atoms with Gasteiger partial charge < -0.3 is 10.6 Å². The van der Waals surface area contributed by atoms with Crippen molar-refractivity contribution < 1.29 is 9.59 Å². The van der Waals surface area contributed by atoms with Crippen LogP contribution in [0.25, 0.3) is 22.3 Å². The van der Waals surface area contributed by atoms with Gasteiger partial charge in [0.1, 0.15) is 11.7 Å². The van der Waals surface area contributed by atoms with Gasteiger partial charge in [-0.1, -0.05) is 42.0 Å². The average Bonchev–Trinajstić information content (AvgIpc) is 2.80. The van der Waals surface area contributed by atoms with E-state index in [9.17, 15) is 14.4 Å². The zero-order valence-electron chi connectivity index (χ0n) is 19.5. The van der Waals surface area contributed by atoms with Crippen molar-refractivity contribution in [3.8, 4) is 11.3 Å². The average molecular weight is 455 g/mol. The summed E-state index contributed by atoms with van der Waals surface area (Å²) in [5.41, 5.74) is 4.40. The zero-order valence-corrected chi connectivity index (χ0v) is 19.5.